The van der Waals surface area contributed by atoms with Crippen molar-refractivity contribution in [3.63, 3.8) is 0 Å². The SMILES string of the molecule is CC(C)(C)c1nc2cc(NS(=O)(=O)c3ccccc3OC(F)(F)F)ccc2o1. The van der Waals surface area contributed by atoms with Crippen molar-refractivity contribution in [2.75, 3.05) is 4.72 Å². The predicted molar refractivity (Wildman–Crippen MR) is 96.6 cm³/mol. The summed E-state index contributed by atoms with van der Waals surface area (Å²) in [5.74, 6) is -0.341. The third-order valence-electron chi connectivity index (χ3n) is 3.65. The van der Waals surface area contributed by atoms with Gasteiger partial charge in [-0.25, -0.2) is 13.4 Å². The number of hydrogen-bond acceptors (Lipinski definition) is 5. The Morgan fingerprint density at radius 2 is 1.75 bits per heavy atom. The zero-order valence-corrected chi connectivity index (χ0v) is 16.0. The Morgan fingerprint density at radius 3 is 2.39 bits per heavy atom. The maximum atomic E-state index is 12.6. The lowest BCUT2D eigenvalue weighted by Crippen LogP contribution is -2.20. The van der Waals surface area contributed by atoms with Gasteiger partial charge in [-0.2, -0.15) is 0 Å². The van der Waals surface area contributed by atoms with Crippen LogP contribution in [0.2, 0.25) is 0 Å². The monoisotopic (exact) mass is 414 g/mol. The zero-order chi connectivity index (χ0) is 20.7. The Morgan fingerprint density at radius 1 is 1.07 bits per heavy atom. The third-order valence-corrected chi connectivity index (χ3v) is 5.07. The first-order chi connectivity index (χ1) is 12.9. The van der Waals surface area contributed by atoms with E-state index in [1.165, 1.54) is 30.3 Å². The molecule has 3 rings (SSSR count). The molecule has 0 atom stereocenters. The van der Waals surface area contributed by atoms with Gasteiger partial charge in [0.05, 0.1) is 5.69 Å². The molecule has 0 aliphatic rings. The van der Waals surface area contributed by atoms with E-state index in [1.807, 2.05) is 20.8 Å². The van der Waals surface area contributed by atoms with Gasteiger partial charge in [0, 0.05) is 5.41 Å². The van der Waals surface area contributed by atoms with Crippen LogP contribution in [0.25, 0.3) is 11.1 Å². The Labute approximate surface area is 159 Å². The minimum absolute atomic E-state index is 0.128. The molecule has 0 aliphatic carbocycles. The van der Waals surface area contributed by atoms with E-state index in [1.54, 1.807) is 0 Å². The van der Waals surface area contributed by atoms with Crippen molar-refractivity contribution >= 4 is 26.8 Å². The van der Waals surface area contributed by atoms with Crippen molar-refractivity contribution in [2.45, 2.75) is 37.4 Å². The highest BCUT2D eigenvalue weighted by atomic mass is 32.2. The van der Waals surface area contributed by atoms with Crippen LogP contribution in [0.15, 0.2) is 51.8 Å². The summed E-state index contributed by atoms with van der Waals surface area (Å²) >= 11 is 0. The predicted octanol–water partition coefficient (Wildman–Crippen LogP) is 4.82. The van der Waals surface area contributed by atoms with Crippen LogP contribution in [-0.4, -0.2) is 19.8 Å². The number of aromatic nitrogens is 1. The largest absolute Gasteiger partial charge is 0.573 e. The third kappa shape index (κ3) is 4.38. The topological polar surface area (TPSA) is 81.4 Å². The van der Waals surface area contributed by atoms with Gasteiger partial charge in [0.25, 0.3) is 10.0 Å². The number of sulfonamides is 1. The molecule has 0 amide bonds. The molecule has 0 saturated heterocycles. The van der Waals surface area contributed by atoms with Crippen molar-refractivity contribution in [1.29, 1.82) is 0 Å². The molecular formula is C18H17F3N2O4S. The van der Waals surface area contributed by atoms with E-state index in [4.69, 9.17) is 4.42 Å². The first kappa shape index (κ1) is 20.0. The van der Waals surface area contributed by atoms with Crippen LogP contribution in [0.1, 0.15) is 26.7 Å². The number of ether oxygens (including phenoxy) is 1. The molecule has 0 radical (unpaired) electrons. The molecule has 0 fully saturated rings. The maximum Gasteiger partial charge on any atom is 0.573 e. The lowest BCUT2D eigenvalue weighted by atomic mass is 9.97. The van der Waals surface area contributed by atoms with E-state index < -0.39 is 27.0 Å². The molecule has 1 N–H and O–H groups in total. The van der Waals surface area contributed by atoms with Crippen molar-refractivity contribution in [1.82, 2.24) is 4.98 Å². The number of fused-ring (bicyclic) bond motifs is 1. The highest BCUT2D eigenvalue weighted by molar-refractivity contribution is 7.92. The molecule has 0 unspecified atom stereocenters. The highest BCUT2D eigenvalue weighted by Crippen LogP contribution is 2.32. The quantitative estimate of drug-likeness (QED) is 0.662. The van der Waals surface area contributed by atoms with Crippen LogP contribution >= 0.6 is 0 Å². The fourth-order valence-electron chi connectivity index (χ4n) is 2.40. The molecule has 6 nitrogen and oxygen atoms in total. The molecule has 1 heterocycles. The Balaban J connectivity index is 1.95. The van der Waals surface area contributed by atoms with E-state index in [-0.39, 0.29) is 11.1 Å². The number of anilines is 1. The van der Waals surface area contributed by atoms with Gasteiger partial charge in [0.1, 0.15) is 16.2 Å². The molecule has 2 aromatic carbocycles. The molecule has 28 heavy (non-hydrogen) atoms. The number of hydrogen-bond donors (Lipinski definition) is 1. The van der Waals surface area contributed by atoms with Gasteiger partial charge in [-0.1, -0.05) is 32.9 Å². The van der Waals surface area contributed by atoms with E-state index in [0.717, 1.165) is 12.1 Å². The Kier molecular flexibility index (Phi) is 4.78. The summed E-state index contributed by atoms with van der Waals surface area (Å²) in [6.07, 6.45) is -5.02. The summed E-state index contributed by atoms with van der Waals surface area (Å²) in [7, 11) is -4.34. The molecule has 0 bridgehead atoms. The molecule has 10 heteroatoms. The summed E-state index contributed by atoms with van der Waals surface area (Å²) in [4.78, 5) is 3.70. The average molecular weight is 414 g/mol. The maximum absolute atomic E-state index is 12.6. The van der Waals surface area contributed by atoms with E-state index in [9.17, 15) is 21.6 Å². The van der Waals surface area contributed by atoms with Crippen LogP contribution in [0.5, 0.6) is 5.75 Å². The highest BCUT2D eigenvalue weighted by Gasteiger charge is 2.34. The number of benzene rings is 2. The van der Waals surface area contributed by atoms with Gasteiger partial charge in [0.15, 0.2) is 5.58 Å². The number of halogens is 3. The minimum atomic E-state index is -5.02. The van der Waals surface area contributed by atoms with Gasteiger partial charge in [-0.15, -0.1) is 13.2 Å². The van der Waals surface area contributed by atoms with E-state index >= 15 is 0 Å². The lowest BCUT2D eigenvalue weighted by molar-refractivity contribution is -0.275. The summed E-state index contributed by atoms with van der Waals surface area (Å²) in [6.45, 7) is 5.75. The first-order valence-electron chi connectivity index (χ1n) is 8.14. The number of nitrogens with one attached hydrogen (secondary N) is 1. The Hall–Kier alpha value is -2.75. The summed E-state index contributed by atoms with van der Waals surface area (Å²) < 4.78 is 74.6. The lowest BCUT2D eigenvalue weighted by Gasteiger charge is -2.14. The molecule has 0 spiro atoms. The van der Waals surface area contributed by atoms with Gasteiger partial charge >= 0.3 is 6.36 Å². The van der Waals surface area contributed by atoms with E-state index in [2.05, 4.69) is 14.4 Å². The van der Waals surface area contributed by atoms with Crippen LogP contribution < -0.4 is 9.46 Å². The second kappa shape index (κ2) is 6.69. The first-order valence-corrected chi connectivity index (χ1v) is 9.62. The average Bonchev–Trinajstić information content (AvgIpc) is 2.97. The molecule has 0 saturated carbocycles. The molecule has 3 aromatic rings. The van der Waals surface area contributed by atoms with Crippen LogP contribution in [0.4, 0.5) is 18.9 Å². The number of para-hydroxylation sites is 1. The zero-order valence-electron chi connectivity index (χ0n) is 15.2. The van der Waals surface area contributed by atoms with Crippen molar-refractivity contribution in [2.24, 2.45) is 0 Å². The van der Waals surface area contributed by atoms with Crippen molar-refractivity contribution < 1.29 is 30.7 Å². The summed E-state index contributed by atoms with van der Waals surface area (Å²) in [5, 5.41) is 0. The second-order valence-electron chi connectivity index (χ2n) is 7.05. The smallest absolute Gasteiger partial charge is 0.440 e. The molecule has 0 aliphatic heterocycles. The number of alkyl halides is 3. The number of nitrogens with zero attached hydrogens (tertiary/aromatic N) is 1. The fourth-order valence-corrected chi connectivity index (χ4v) is 3.58. The molecule has 150 valence electrons. The normalized spacial score (nSPS) is 12.9. The van der Waals surface area contributed by atoms with Crippen LogP contribution in [0.3, 0.4) is 0 Å². The molecular weight excluding hydrogens is 397 g/mol. The number of rotatable bonds is 4. The second-order valence-corrected chi connectivity index (χ2v) is 8.70. The number of oxazole rings is 1. The van der Waals surface area contributed by atoms with Gasteiger partial charge in [-0.05, 0) is 30.3 Å². The summed E-state index contributed by atoms with van der Waals surface area (Å²) in [6, 6.07) is 8.91. The van der Waals surface area contributed by atoms with Gasteiger partial charge < -0.3 is 9.15 Å². The molecule has 1 aromatic heterocycles. The van der Waals surface area contributed by atoms with Crippen LogP contribution in [-0.2, 0) is 15.4 Å². The van der Waals surface area contributed by atoms with Crippen molar-refractivity contribution in [3.8, 4) is 5.75 Å². The minimum Gasteiger partial charge on any atom is -0.440 e. The van der Waals surface area contributed by atoms with Gasteiger partial charge in [-0.3, -0.25) is 4.72 Å². The Bertz CT molecular complexity index is 1120. The van der Waals surface area contributed by atoms with E-state index in [0.29, 0.717) is 17.0 Å². The summed E-state index contributed by atoms with van der Waals surface area (Å²) in [5.41, 5.74) is 0.675. The van der Waals surface area contributed by atoms with Crippen molar-refractivity contribution in [3.05, 3.63) is 48.4 Å². The van der Waals surface area contributed by atoms with Gasteiger partial charge in [0.2, 0.25) is 5.89 Å². The fraction of sp³-hybridized carbons (Fsp3) is 0.278. The van der Waals surface area contributed by atoms with Crippen LogP contribution in [0, 0.1) is 0 Å². The standard InChI is InChI=1S/C18H17F3N2O4S/c1-17(2,3)16-22-12-10-11(8-9-13(12)26-16)23-28(24,25)15-7-5-4-6-14(15)27-18(19,20)21/h4-10,23H,1-3H3.